The van der Waals surface area contributed by atoms with Crippen molar-refractivity contribution in [3.05, 3.63) is 0 Å². The minimum atomic E-state index is 0.00604. The SMILES string of the molecule is CCC[C@H](CC(=O)OCC)C1CCCCC1. The lowest BCUT2D eigenvalue weighted by molar-refractivity contribution is -0.144. The summed E-state index contributed by atoms with van der Waals surface area (Å²) in [6, 6.07) is 0. The fourth-order valence-electron chi connectivity index (χ4n) is 2.91. The molecule has 0 unspecified atom stereocenters. The third-order valence-corrected chi connectivity index (χ3v) is 3.71. The van der Waals surface area contributed by atoms with Crippen LogP contribution in [0.5, 0.6) is 0 Å². The van der Waals surface area contributed by atoms with Gasteiger partial charge in [0.1, 0.15) is 0 Å². The minimum Gasteiger partial charge on any atom is -0.466 e. The van der Waals surface area contributed by atoms with Crippen molar-refractivity contribution in [2.45, 2.75) is 65.2 Å². The van der Waals surface area contributed by atoms with Gasteiger partial charge in [0, 0.05) is 6.42 Å². The third-order valence-electron chi connectivity index (χ3n) is 3.71. The highest BCUT2D eigenvalue weighted by Crippen LogP contribution is 2.34. The van der Waals surface area contributed by atoms with Crippen molar-refractivity contribution in [3.63, 3.8) is 0 Å². The predicted octanol–water partition coefficient (Wildman–Crippen LogP) is 3.94. The summed E-state index contributed by atoms with van der Waals surface area (Å²) < 4.78 is 5.07. The van der Waals surface area contributed by atoms with E-state index in [1.165, 1.54) is 44.9 Å². The summed E-state index contributed by atoms with van der Waals surface area (Å²) in [6.07, 6.45) is 9.75. The zero-order chi connectivity index (χ0) is 11.8. The van der Waals surface area contributed by atoms with Crippen LogP contribution in [-0.2, 0) is 9.53 Å². The van der Waals surface area contributed by atoms with Crippen LogP contribution in [0, 0.1) is 11.8 Å². The van der Waals surface area contributed by atoms with Gasteiger partial charge in [0.25, 0.3) is 0 Å². The van der Waals surface area contributed by atoms with Crippen LogP contribution in [0.1, 0.15) is 65.2 Å². The maximum absolute atomic E-state index is 11.5. The number of rotatable bonds is 6. The average Bonchev–Trinajstić information content (AvgIpc) is 2.30. The molecule has 94 valence electrons. The molecule has 0 radical (unpaired) electrons. The van der Waals surface area contributed by atoms with Crippen LogP contribution in [0.15, 0.2) is 0 Å². The highest BCUT2D eigenvalue weighted by atomic mass is 16.5. The Balaban J connectivity index is 2.41. The third kappa shape index (κ3) is 4.54. The molecule has 0 N–H and O–H groups in total. The van der Waals surface area contributed by atoms with Crippen LogP contribution in [0.3, 0.4) is 0 Å². The molecule has 1 aliphatic rings. The van der Waals surface area contributed by atoms with E-state index in [2.05, 4.69) is 6.92 Å². The molecule has 0 bridgehead atoms. The average molecular weight is 226 g/mol. The normalized spacial score (nSPS) is 19.4. The van der Waals surface area contributed by atoms with E-state index in [4.69, 9.17) is 4.74 Å². The van der Waals surface area contributed by atoms with Gasteiger partial charge in [0.15, 0.2) is 0 Å². The van der Waals surface area contributed by atoms with Crippen molar-refractivity contribution in [2.75, 3.05) is 6.61 Å². The molecule has 0 aromatic heterocycles. The first kappa shape index (κ1) is 13.5. The monoisotopic (exact) mass is 226 g/mol. The maximum atomic E-state index is 11.5. The molecular weight excluding hydrogens is 200 g/mol. The Hall–Kier alpha value is -0.530. The second-order valence-electron chi connectivity index (χ2n) is 4.96. The van der Waals surface area contributed by atoms with Crippen LogP contribution in [-0.4, -0.2) is 12.6 Å². The summed E-state index contributed by atoms with van der Waals surface area (Å²) in [5.74, 6) is 1.36. The standard InChI is InChI=1S/C14H26O2/c1-3-8-13(11-14(15)16-4-2)12-9-6-5-7-10-12/h12-13H,3-11H2,1-2H3/t13-/m1/s1. The lowest BCUT2D eigenvalue weighted by Crippen LogP contribution is -2.22. The van der Waals surface area contributed by atoms with E-state index in [1.54, 1.807) is 0 Å². The second kappa shape index (κ2) is 7.70. The number of carbonyl (C=O) groups is 1. The Morgan fingerprint density at radius 3 is 2.50 bits per heavy atom. The summed E-state index contributed by atoms with van der Waals surface area (Å²) in [7, 11) is 0. The molecular formula is C14H26O2. The molecule has 1 atom stereocenters. The number of esters is 1. The maximum Gasteiger partial charge on any atom is 0.306 e. The van der Waals surface area contributed by atoms with E-state index in [-0.39, 0.29) is 5.97 Å². The van der Waals surface area contributed by atoms with E-state index in [0.29, 0.717) is 18.9 Å². The van der Waals surface area contributed by atoms with Gasteiger partial charge in [-0.15, -0.1) is 0 Å². The Labute approximate surface area is 99.8 Å². The van der Waals surface area contributed by atoms with Crippen molar-refractivity contribution >= 4 is 5.97 Å². The van der Waals surface area contributed by atoms with Gasteiger partial charge in [-0.2, -0.15) is 0 Å². The first-order chi connectivity index (χ1) is 7.77. The van der Waals surface area contributed by atoms with Gasteiger partial charge in [-0.25, -0.2) is 0 Å². The van der Waals surface area contributed by atoms with Crippen LogP contribution >= 0.6 is 0 Å². The van der Waals surface area contributed by atoms with Crippen molar-refractivity contribution in [1.82, 2.24) is 0 Å². The largest absolute Gasteiger partial charge is 0.466 e. The Morgan fingerprint density at radius 2 is 1.94 bits per heavy atom. The fraction of sp³-hybridized carbons (Fsp3) is 0.929. The molecule has 0 saturated heterocycles. The molecule has 0 heterocycles. The van der Waals surface area contributed by atoms with Crippen molar-refractivity contribution < 1.29 is 9.53 Å². The lowest BCUT2D eigenvalue weighted by atomic mass is 9.77. The molecule has 1 aliphatic carbocycles. The van der Waals surface area contributed by atoms with E-state index in [9.17, 15) is 4.79 Å². The molecule has 1 saturated carbocycles. The smallest absolute Gasteiger partial charge is 0.306 e. The highest BCUT2D eigenvalue weighted by Gasteiger charge is 2.25. The Morgan fingerprint density at radius 1 is 1.25 bits per heavy atom. The molecule has 0 spiro atoms. The van der Waals surface area contributed by atoms with Crippen LogP contribution in [0.4, 0.5) is 0 Å². The summed E-state index contributed by atoms with van der Waals surface area (Å²) in [6.45, 7) is 4.61. The molecule has 1 rings (SSSR count). The molecule has 0 aromatic rings. The van der Waals surface area contributed by atoms with Crippen LogP contribution in [0.2, 0.25) is 0 Å². The number of hydrogen-bond donors (Lipinski definition) is 0. The minimum absolute atomic E-state index is 0.00604. The van der Waals surface area contributed by atoms with Crippen LogP contribution in [0.25, 0.3) is 0 Å². The summed E-state index contributed by atoms with van der Waals surface area (Å²) in [5, 5.41) is 0. The highest BCUT2D eigenvalue weighted by molar-refractivity contribution is 5.69. The molecule has 16 heavy (non-hydrogen) atoms. The summed E-state index contributed by atoms with van der Waals surface area (Å²) >= 11 is 0. The number of hydrogen-bond acceptors (Lipinski definition) is 2. The topological polar surface area (TPSA) is 26.3 Å². The van der Waals surface area contributed by atoms with Gasteiger partial charge >= 0.3 is 5.97 Å². The van der Waals surface area contributed by atoms with Crippen molar-refractivity contribution in [3.8, 4) is 0 Å². The Kier molecular flexibility index (Phi) is 6.51. The molecule has 0 aliphatic heterocycles. The van der Waals surface area contributed by atoms with Gasteiger partial charge in [0.05, 0.1) is 6.61 Å². The van der Waals surface area contributed by atoms with Gasteiger partial charge in [-0.3, -0.25) is 4.79 Å². The molecule has 0 aromatic carbocycles. The van der Waals surface area contributed by atoms with E-state index < -0.39 is 0 Å². The zero-order valence-corrected chi connectivity index (χ0v) is 10.8. The molecule has 2 nitrogen and oxygen atoms in total. The number of carbonyl (C=O) groups excluding carboxylic acids is 1. The Bertz CT molecular complexity index is 195. The first-order valence-electron chi connectivity index (χ1n) is 6.93. The lowest BCUT2D eigenvalue weighted by Gasteiger charge is -2.29. The predicted molar refractivity (Wildman–Crippen MR) is 66.2 cm³/mol. The van der Waals surface area contributed by atoms with Crippen LogP contribution < -0.4 is 0 Å². The molecule has 2 heteroatoms. The molecule has 0 amide bonds. The van der Waals surface area contributed by atoms with Gasteiger partial charge in [-0.1, -0.05) is 45.4 Å². The fourth-order valence-corrected chi connectivity index (χ4v) is 2.91. The van der Waals surface area contributed by atoms with Crippen molar-refractivity contribution in [1.29, 1.82) is 0 Å². The summed E-state index contributed by atoms with van der Waals surface area (Å²) in [5.41, 5.74) is 0. The number of ether oxygens (including phenoxy) is 1. The van der Waals surface area contributed by atoms with E-state index in [1.807, 2.05) is 6.92 Å². The van der Waals surface area contributed by atoms with E-state index >= 15 is 0 Å². The quantitative estimate of drug-likeness (QED) is 0.641. The zero-order valence-electron chi connectivity index (χ0n) is 10.8. The van der Waals surface area contributed by atoms with Crippen molar-refractivity contribution in [2.24, 2.45) is 11.8 Å². The van der Waals surface area contributed by atoms with Gasteiger partial charge in [0.2, 0.25) is 0 Å². The van der Waals surface area contributed by atoms with E-state index in [0.717, 1.165) is 5.92 Å². The first-order valence-corrected chi connectivity index (χ1v) is 6.93. The molecule has 1 fully saturated rings. The van der Waals surface area contributed by atoms with Gasteiger partial charge < -0.3 is 4.74 Å². The summed E-state index contributed by atoms with van der Waals surface area (Å²) in [4.78, 5) is 11.5. The second-order valence-corrected chi connectivity index (χ2v) is 4.96. The van der Waals surface area contributed by atoms with Gasteiger partial charge in [-0.05, 0) is 25.2 Å².